The molecule has 0 saturated carbocycles. The number of carbonyl (C=O) groups is 1. The molecule has 4 nitrogen and oxygen atoms in total. The van der Waals surface area contributed by atoms with Crippen LogP contribution >= 0.6 is 0 Å². The first-order chi connectivity index (χ1) is 7.90. The van der Waals surface area contributed by atoms with Crippen LogP contribution in [0.15, 0.2) is 0 Å². The van der Waals surface area contributed by atoms with Gasteiger partial charge in [0.1, 0.15) is 5.60 Å². The highest BCUT2D eigenvalue weighted by atomic mass is 16.6. The standard InChI is InChI=1S/C13H24N2O2/c1-13(2,3)17-12(16)15-10-5-6-11(15)8-9(7-10)14-4/h9-11,14H,5-8H2,1-4H3/t9?,10-,11?/m0/s1. The normalized spacial score (nSPS) is 32.7. The molecular formula is C13H24N2O2. The lowest BCUT2D eigenvalue weighted by atomic mass is 9.98. The molecule has 2 aliphatic rings. The Kier molecular flexibility index (Phi) is 3.34. The molecule has 2 rings (SSSR count). The van der Waals surface area contributed by atoms with E-state index in [9.17, 15) is 4.79 Å². The second-order valence-corrected chi connectivity index (χ2v) is 6.23. The van der Waals surface area contributed by atoms with E-state index >= 15 is 0 Å². The molecule has 1 amide bonds. The molecule has 17 heavy (non-hydrogen) atoms. The molecule has 2 bridgehead atoms. The van der Waals surface area contributed by atoms with E-state index in [-0.39, 0.29) is 6.09 Å². The van der Waals surface area contributed by atoms with Crippen LogP contribution in [0.25, 0.3) is 0 Å². The van der Waals surface area contributed by atoms with E-state index in [2.05, 4.69) is 5.32 Å². The van der Waals surface area contributed by atoms with Crippen LogP contribution in [0.1, 0.15) is 46.5 Å². The summed E-state index contributed by atoms with van der Waals surface area (Å²) < 4.78 is 5.49. The summed E-state index contributed by atoms with van der Waals surface area (Å²) in [6, 6.07) is 1.31. The molecule has 2 saturated heterocycles. The van der Waals surface area contributed by atoms with Crippen LogP contribution in [0.2, 0.25) is 0 Å². The van der Waals surface area contributed by atoms with Crippen molar-refractivity contribution in [2.45, 2.75) is 70.2 Å². The fourth-order valence-electron chi connectivity index (χ4n) is 3.03. The number of carbonyl (C=O) groups excluding carboxylic acids is 1. The molecule has 2 unspecified atom stereocenters. The maximum Gasteiger partial charge on any atom is 0.410 e. The van der Waals surface area contributed by atoms with E-state index in [1.54, 1.807) is 0 Å². The van der Waals surface area contributed by atoms with Crippen LogP contribution in [-0.2, 0) is 4.74 Å². The molecule has 3 atom stereocenters. The van der Waals surface area contributed by atoms with Crippen molar-refractivity contribution in [3.63, 3.8) is 0 Å². The molecule has 0 aromatic heterocycles. The summed E-state index contributed by atoms with van der Waals surface area (Å²) in [5.74, 6) is 0. The molecule has 4 heteroatoms. The van der Waals surface area contributed by atoms with Crippen molar-refractivity contribution in [1.29, 1.82) is 0 Å². The van der Waals surface area contributed by atoms with Gasteiger partial charge in [-0.25, -0.2) is 4.79 Å². The second kappa shape index (κ2) is 4.48. The van der Waals surface area contributed by atoms with Gasteiger partial charge in [-0.1, -0.05) is 0 Å². The Labute approximate surface area is 104 Å². The number of fused-ring (bicyclic) bond motifs is 2. The van der Waals surface area contributed by atoms with E-state index in [1.165, 1.54) is 0 Å². The molecule has 0 radical (unpaired) electrons. The maximum atomic E-state index is 12.2. The Balaban J connectivity index is 2.01. The second-order valence-electron chi connectivity index (χ2n) is 6.23. The fourth-order valence-corrected chi connectivity index (χ4v) is 3.03. The van der Waals surface area contributed by atoms with Gasteiger partial charge < -0.3 is 15.0 Å². The molecule has 0 spiro atoms. The number of rotatable bonds is 1. The minimum atomic E-state index is -0.392. The van der Waals surface area contributed by atoms with Crippen LogP contribution in [0.4, 0.5) is 4.79 Å². The van der Waals surface area contributed by atoms with Crippen LogP contribution in [0.5, 0.6) is 0 Å². The van der Waals surface area contributed by atoms with E-state index in [4.69, 9.17) is 4.74 Å². The van der Waals surface area contributed by atoms with Crippen LogP contribution in [-0.4, -0.2) is 41.8 Å². The lowest BCUT2D eigenvalue weighted by molar-refractivity contribution is 0.00503. The molecule has 1 N–H and O–H groups in total. The number of amides is 1. The molecule has 0 aromatic rings. The van der Waals surface area contributed by atoms with Gasteiger partial charge in [0, 0.05) is 18.1 Å². The van der Waals surface area contributed by atoms with Crippen LogP contribution < -0.4 is 5.32 Å². The predicted molar refractivity (Wildman–Crippen MR) is 67.0 cm³/mol. The Morgan fingerprint density at radius 3 is 2.18 bits per heavy atom. The number of piperidine rings is 1. The third kappa shape index (κ3) is 2.73. The Morgan fingerprint density at radius 2 is 1.76 bits per heavy atom. The van der Waals surface area contributed by atoms with Gasteiger partial charge in [-0.3, -0.25) is 0 Å². The van der Waals surface area contributed by atoms with E-state index < -0.39 is 5.60 Å². The van der Waals surface area contributed by atoms with Gasteiger partial charge in [0.05, 0.1) is 0 Å². The molecular weight excluding hydrogens is 216 g/mol. The average molecular weight is 240 g/mol. The topological polar surface area (TPSA) is 41.6 Å². The molecule has 2 fully saturated rings. The lowest BCUT2D eigenvalue weighted by Crippen LogP contribution is -2.52. The zero-order valence-electron chi connectivity index (χ0n) is 11.3. The quantitative estimate of drug-likeness (QED) is 0.763. The third-order valence-corrected chi connectivity index (χ3v) is 3.75. The SMILES string of the molecule is CNC1CC2CC[C@@H](C1)N2C(=O)OC(C)(C)C. The smallest absolute Gasteiger partial charge is 0.410 e. The first-order valence-electron chi connectivity index (χ1n) is 6.59. The van der Waals surface area contributed by atoms with Gasteiger partial charge >= 0.3 is 6.09 Å². The monoisotopic (exact) mass is 240 g/mol. The first-order valence-corrected chi connectivity index (χ1v) is 6.59. The van der Waals surface area contributed by atoms with Crippen molar-refractivity contribution in [1.82, 2.24) is 10.2 Å². The van der Waals surface area contributed by atoms with Gasteiger partial charge in [0.2, 0.25) is 0 Å². The van der Waals surface area contributed by atoms with Crippen molar-refractivity contribution in [3.05, 3.63) is 0 Å². The Morgan fingerprint density at radius 1 is 1.24 bits per heavy atom. The Bertz CT molecular complexity index is 284. The summed E-state index contributed by atoms with van der Waals surface area (Å²) in [5, 5.41) is 3.33. The highest BCUT2D eigenvalue weighted by Gasteiger charge is 2.44. The summed E-state index contributed by atoms with van der Waals surface area (Å²) >= 11 is 0. The summed E-state index contributed by atoms with van der Waals surface area (Å²) in [7, 11) is 2.01. The summed E-state index contributed by atoms with van der Waals surface area (Å²) in [4.78, 5) is 14.1. The highest BCUT2D eigenvalue weighted by Crippen LogP contribution is 2.36. The molecule has 98 valence electrons. The van der Waals surface area contributed by atoms with Crippen molar-refractivity contribution in [2.24, 2.45) is 0 Å². The predicted octanol–water partition coefficient (Wildman–Crippen LogP) is 2.14. The number of hydrogen-bond donors (Lipinski definition) is 1. The van der Waals surface area contributed by atoms with Crippen molar-refractivity contribution < 1.29 is 9.53 Å². The average Bonchev–Trinajstić information content (AvgIpc) is 2.47. The van der Waals surface area contributed by atoms with Crippen molar-refractivity contribution in [2.75, 3.05) is 7.05 Å². The molecule has 0 aromatic carbocycles. The van der Waals surface area contributed by atoms with E-state index in [0.717, 1.165) is 25.7 Å². The third-order valence-electron chi connectivity index (χ3n) is 3.75. The molecule has 0 aliphatic carbocycles. The summed E-state index contributed by atoms with van der Waals surface area (Å²) in [6.45, 7) is 5.77. The summed E-state index contributed by atoms with van der Waals surface area (Å²) in [6.07, 6.45) is 4.25. The minimum absolute atomic E-state index is 0.125. The molecule has 2 heterocycles. The van der Waals surface area contributed by atoms with Crippen LogP contribution in [0, 0.1) is 0 Å². The van der Waals surface area contributed by atoms with Crippen LogP contribution in [0.3, 0.4) is 0 Å². The van der Waals surface area contributed by atoms with E-state index in [0.29, 0.717) is 18.1 Å². The Hall–Kier alpha value is -0.770. The maximum absolute atomic E-state index is 12.2. The van der Waals surface area contributed by atoms with Crippen molar-refractivity contribution in [3.8, 4) is 0 Å². The lowest BCUT2D eigenvalue weighted by Gasteiger charge is -2.39. The summed E-state index contributed by atoms with van der Waals surface area (Å²) in [5.41, 5.74) is -0.392. The van der Waals surface area contributed by atoms with Crippen molar-refractivity contribution >= 4 is 6.09 Å². The van der Waals surface area contributed by atoms with E-state index in [1.807, 2.05) is 32.7 Å². The number of nitrogens with zero attached hydrogens (tertiary/aromatic N) is 1. The van der Waals surface area contributed by atoms with Gasteiger partial charge in [-0.15, -0.1) is 0 Å². The minimum Gasteiger partial charge on any atom is -0.444 e. The van der Waals surface area contributed by atoms with Gasteiger partial charge in [0.25, 0.3) is 0 Å². The fraction of sp³-hybridized carbons (Fsp3) is 0.923. The molecule has 2 aliphatic heterocycles. The zero-order valence-corrected chi connectivity index (χ0v) is 11.3. The highest BCUT2D eigenvalue weighted by molar-refractivity contribution is 5.69. The largest absolute Gasteiger partial charge is 0.444 e. The number of nitrogens with one attached hydrogen (secondary N) is 1. The zero-order chi connectivity index (χ0) is 12.6. The first kappa shape index (κ1) is 12.7. The van der Waals surface area contributed by atoms with Gasteiger partial charge in [0.15, 0.2) is 0 Å². The van der Waals surface area contributed by atoms with Gasteiger partial charge in [-0.2, -0.15) is 0 Å². The van der Waals surface area contributed by atoms with Gasteiger partial charge in [-0.05, 0) is 53.5 Å². The number of ether oxygens (including phenoxy) is 1. The number of hydrogen-bond acceptors (Lipinski definition) is 3.